The van der Waals surface area contributed by atoms with Gasteiger partial charge in [-0.15, -0.1) is 0 Å². The Kier molecular flexibility index (Phi) is 9.10. The third kappa shape index (κ3) is 6.58. The summed E-state index contributed by atoms with van der Waals surface area (Å²) in [5.41, 5.74) is 0.867. The van der Waals surface area contributed by atoms with Crippen molar-refractivity contribution in [3.8, 4) is 0 Å². The van der Waals surface area contributed by atoms with Crippen molar-refractivity contribution in [1.82, 2.24) is 14.5 Å². The Balaban J connectivity index is 1.81. The molecule has 0 spiro atoms. The van der Waals surface area contributed by atoms with E-state index in [0.29, 0.717) is 11.4 Å². The number of benzene rings is 2. The van der Waals surface area contributed by atoms with Crippen LogP contribution in [0, 0.1) is 0 Å². The van der Waals surface area contributed by atoms with Crippen LogP contribution in [-0.4, -0.2) is 55.1 Å². The molecule has 0 unspecified atom stereocenters. The topological polar surface area (TPSA) is 86.8 Å². The molecule has 0 aliphatic heterocycles. The van der Waals surface area contributed by atoms with E-state index >= 15 is 0 Å². The summed E-state index contributed by atoms with van der Waals surface area (Å²) < 4.78 is 27.0. The molecule has 7 nitrogen and oxygen atoms in total. The Morgan fingerprint density at radius 1 is 1.06 bits per heavy atom. The van der Waals surface area contributed by atoms with Gasteiger partial charge < -0.3 is 10.2 Å². The zero-order valence-corrected chi connectivity index (χ0v) is 21.2. The Morgan fingerprint density at radius 3 is 2.26 bits per heavy atom. The minimum absolute atomic E-state index is 0.0489. The first-order valence-corrected chi connectivity index (χ1v) is 13.4. The molecule has 1 atom stereocenters. The number of hydrogen-bond acceptors (Lipinski definition) is 4. The number of rotatable bonds is 10. The van der Waals surface area contributed by atoms with Crippen LogP contribution >= 0.6 is 11.6 Å². The summed E-state index contributed by atoms with van der Waals surface area (Å²) in [6.07, 6.45) is 4.47. The highest BCUT2D eigenvalue weighted by Crippen LogP contribution is 2.21. The van der Waals surface area contributed by atoms with Crippen LogP contribution in [-0.2, 0) is 26.2 Å². The summed E-state index contributed by atoms with van der Waals surface area (Å²) in [5.74, 6) is -0.626. The van der Waals surface area contributed by atoms with Crippen LogP contribution in [0.4, 0.5) is 0 Å². The van der Waals surface area contributed by atoms with Crippen LogP contribution in [0.15, 0.2) is 59.5 Å². The van der Waals surface area contributed by atoms with E-state index in [9.17, 15) is 18.0 Å². The molecule has 184 valence electrons. The van der Waals surface area contributed by atoms with Crippen LogP contribution in [0.1, 0.15) is 44.6 Å². The molecular formula is C25H32ClN3O4S. The van der Waals surface area contributed by atoms with Gasteiger partial charge in [0.15, 0.2) is 0 Å². The van der Waals surface area contributed by atoms with Gasteiger partial charge in [-0.1, -0.05) is 61.7 Å². The quantitative estimate of drug-likeness (QED) is 0.531. The highest BCUT2D eigenvalue weighted by molar-refractivity contribution is 7.89. The molecule has 0 radical (unpaired) electrons. The number of carbonyl (C=O) groups is 2. The SMILES string of the molecule is CC[C@@H](C(=O)NC1CCCC1)N(Cc1ccccc1)C(=O)CN(C)S(=O)(=O)c1ccc(Cl)cc1. The van der Waals surface area contributed by atoms with Gasteiger partial charge in [0.2, 0.25) is 21.8 Å². The number of likely N-dealkylation sites (N-methyl/N-ethyl adjacent to an activating group) is 1. The molecule has 2 aromatic rings. The predicted molar refractivity (Wildman–Crippen MR) is 133 cm³/mol. The zero-order chi connectivity index (χ0) is 24.7. The summed E-state index contributed by atoms with van der Waals surface area (Å²) in [7, 11) is -2.54. The zero-order valence-electron chi connectivity index (χ0n) is 19.6. The van der Waals surface area contributed by atoms with Crippen LogP contribution in [0.3, 0.4) is 0 Å². The molecule has 0 bridgehead atoms. The van der Waals surface area contributed by atoms with Gasteiger partial charge in [0.05, 0.1) is 11.4 Å². The predicted octanol–water partition coefficient (Wildman–Crippen LogP) is 3.83. The van der Waals surface area contributed by atoms with Crippen molar-refractivity contribution in [3.05, 3.63) is 65.2 Å². The normalized spacial score (nSPS) is 15.3. The van der Waals surface area contributed by atoms with Gasteiger partial charge in [-0.25, -0.2) is 8.42 Å². The molecule has 2 amide bonds. The summed E-state index contributed by atoms with van der Waals surface area (Å²) in [4.78, 5) is 28.1. The van der Waals surface area contributed by atoms with Crippen LogP contribution in [0.5, 0.6) is 0 Å². The smallest absolute Gasteiger partial charge is 0.243 e. The van der Waals surface area contributed by atoms with Gasteiger partial charge in [-0.2, -0.15) is 4.31 Å². The van der Waals surface area contributed by atoms with Crippen molar-refractivity contribution in [2.75, 3.05) is 13.6 Å². The largest absolute Gasteiger partial charge is 0.352 e. The first-order valence-electron chi connectivity index (χ1n) is 11.6. The fourth-order valence-corrected chi connectivity index (χ4v) is 5.47. The maximum absolute atomic E-state index is 13.5. The average Bonchev–Trinajstić information content (AvgIpc) is 3.32. The Labute approximate surface area is 207 Å². The molecule has 0 aromatic heterocycles. The monoisotopic (exact) mass is 505 g/mol. The first kappa shape index (κ1) is 26.2. The number of sulfonamides is 1. The van der Waals surface area contributed by atoms with E-state index in [4.69, 9.17) is 11.6 Å². The molecule has 1 saturated carbocycles. The lowest BCUT2D eigenvalue weighted by atomic mass is 10.1. The van der Waals surface area contributed by atoms with E-state index in [-0.39, 0.29) is 29.9 Å². The van der Waals surface area contributed by atoms with E-state index in [1.54, 1.807) is 0 Å². The molecule has 1 N–H and O–H groups in total. The maximum Gasteiger partial charge on any atom is 0.243 e. The van der Waals surface area contributed by atoms with Gasteiger partial charge in [0, 0.05) is 24.7 Å². The molecule has 2 aromatic carbocycles. The molecule has 0 saturated heterocycles. The van der Waals surface area contributed by atoms with Gasteiger partial charge >= 0.3 is 0 Å². The van der Waals surface area contributed by atoms with Crippen molar-refractivity contribution in [2.45, 2.75) is 62.6 Å². The lowest BCUT2D eigenvalue weighted by molar-refractivity contribution is -0.141. The minimum atomic E-state index is -3.90. The summed E-state index contributed by atoms with van der Waals surface area (Å²) in [5, 5.41) is 3.51. The molecule has 3 rings (SSSR count). The number of nitrogens with one attached hydrogen (secondary N) is 1. The molecule has 1 fully saturated rings. The number of amides is 2. The highest BCUT2D eigenvalue weighted by atomic mass is 35.5. The van der Waals surface area contributed by atoms with Gasteiger partial charge in [-0.3, -0.25) is 9.59 Å². The Morgan fingerprint density at radius 2 is 1.68 bits per heavy atom. The second-order valence-corrected chi connectivity index (χ2v) is 11.1. The van der Waals surface area contributed by atoms with Crippen LogP contribution in [0.25, 0.3) is 0 Å². The van der Waals surface area contributed by atoms with Gasteiger partial charge in [0.1, 0.15) is 6.04 Å². The summed E-state index contributed by atoms with van der Waals surface area (Å²) in [6.45, 7) is 1.69. The van der Waals surface area contributed by atoms with Crippen molar-refractivity contribution >= 4 is 33.4 Å². The standard InChI is InChI=1S/C25H32ClN3O4S/c1-3-23(25(31)27-21-11-7-8-12-21)29(17-19-9-5-4-6-10-19)24(30)18-28(2)34(32,33)22-15-13-20(26)14-16-22/h4-6,9-10,13-16,21,23H,3,7-8,11-12,17-18H2,1-2H3,(H,27,31)/t23-/m0/s1. The Hall–Kier alpha value is -2.42. The first-order chi connectivity index (χ1) is 16.2. The minimum Gasteiger partial charge on any atom is -0.352 e. The molecule has 34 heavy (non-hydrogen) atoms. The molecule has 1 aliphatic rings. The van der Waals surface area contributed by atoms with Crippen molar-refractivity contribution < 1.29 is 18.0 Å². The number of nitrogens with zero attached hydrogens (tertiary/aromatic N) is 2. The maximum atomic E-state index is 13.5. The van der Waals surface area contributed by atoms with E-state index in [0.717, 1.165) is 35.6 Å². The number of hydrogen-bond donors (Lipinski definition) is 1. The van der Waals surface area contributed by atoms with Crippen molar-refractivity contribution in [1.29, 1.82) is 0 Å². The van der Waals surface area contributed by atoms with Crippen molar-refractivity contribution in [3.63, 3.8) is 0 Å². The molecule has 9 heteroatoms. The molecule has 0 heterocycles. The highest BCUT2D eigenvalue weighted by Gasteiger charge is 2.33. The third-order valence-electron chi connectivity index (χ3n) is 6.16. The second-order valence-electron chi connectivity index (χ2n) is 8.64. The number of halogens is 1. The summed E-state index contributed by atoms with van der Waals surface area (Å²) in [6, 6.07) is 14.6. The van der Waals surface area contributed by atoms with Crippen LogP contribution < -0.4 is 5.32 Å². The lowest BCUT2D eigenvalue weighted by Gasteiger charge is -2.32. The lowest BCUT2D eigenvalue weighted by Crippen LogP contribution is -2.53. The van der Waals surface area contributed by atoms with E-state index in [1.807, 2.05) is 37.3 Å². The summed E-state index contributed by atoms with van der Waals surface area (Å²) >= 11 is 5.88. The third-order valence-corrected chi connectivity index (χ3v) is 8.23. The Bertz CT molecular complexity index is 1070. The number of carbonyl (C=O) groups excluding carboxylic acids is 2. The molecular weight excluding hydrogens is 474 g/mol. The van der Waals surface area contributed by atoms with Gasteiger partial charge in [-0.05, 0) is 49.1 Å². The van der Waals surface area contributed by atoms with Crippen LogP contribution in [0.2, 0.25) is 5.02 Å². The fraction of sp³-hybridized carbons (Fsp3) is 0.440. The van der Waals surface area contributed by atoms with Gasteiger partial charge in [0.25, 0.3) is 0 Å². The van der Waals surface area contributed by atoms with E-state index in [1.165, 1.54) is 36.2 Å². The van der Waals surface area contributed by atoms with Crippen molar-refractivity contribution in [2.24, 2.45) is 0 Å². The fourth-order valence-electron chi connectivity index (χ4n) is 4.22. The molecule has 1 aliphatic carbocycles. The van der Waals surface area contributed by atoms with E-state index in [2.05, 4.69) is 5.32 Å². The van der Waals surface area contributed by atoms with E-state index < -0.39 is 22.0 Å². The second kappa shape index (κ2) is 11.8. The average molecular weight is 506 g/mol.